The lowest BCUT2D eigenvalue weighted by Crippen LogP contribution is -2.72. The summed E-state index contributed by atoms with van der Waals surface area (Å²) >= 11 is 0. The van der Waals surface area contributed by atoms with Crippen molar-refractivity contribution in [2.75, 3.05) is 33.5 Å². The summed E-state index contributed by atoms with van der Waals surface area (Å²) in [6.07, 6.45) is -32.1. The minimum atomic E-state index is -1.94. The molecule has 0 aromatic rings. The molecule has 5 aliphatic heterocycles. The number of rotatable bonds is 18. The second-order valence-electron chi connectivity index (χ2n) is 17.4. The zero-order valence-electron chi connectivity index (χ0n) is 38.7. The van der Waals surface area contributed by atoms with Gasteiger partial charge >= 0.3 is 0 Å². The van der Waals surface area contributed by atoms with E-state index in [2.05, 4.69) is 26.6 Å². The Bertz CT molecular complexity index is 1700. The highest BCUT2D eigenvalue weighted by atomic mass is 16.8. The number of amides is 4. The molecular weight excluding hydrogens is 934 g/mol. The van der Waals surface area contributed by atoms with Crippen LogP contribution in [0.5, 0.6) is 0 Å². The lowest BCUT2D eigenvalue weighted by molar-refractivity contribution is -0.367. The van der Waals surface area contributed by atoms with Crippen molar-refractivity contribution in [3.8, 4) is 0 Å². The van der Waals surface area contributed by atoms with Crippen LogP contribution in [0, 0.1) is 0 Å². The Hall–Kier alpha value is -2.96. The van der Waals surface area contributed by atoms with Crippen LogP contribution in [0.15, 0.2) is 0 Å². The predicted molar refractivity (Wildman–Crippen MR) is 223 cm³/mol. The van der Waals surface area contributed by atoms with E-state index in [0.29, 0.717) is 0 Å². The van der Waals surface area contributed by atoms with Gasteiger partial charge in [0.2, 0.25) is 23.6 Å². The molecule has 25 atom stereocenters. The van der Waals surface area contributed by atoms with Crippen molar-refractivity contribution >= 4 is 23.6 Å². The summed E-state index contributed by atoms with van der Waals surface area (Å²) in [7, 11) is 1.41. The van der Waals surface area contributed by atoms with Gasteiger partial charge in [-0.15, -0.1) is 0 Å². The Morgan fingerprint density at radius 3 is 1.00 bits per heavy atom. The van der Waals surface area contributed by atoms with Gasteiger partial charge in [-0.3, -0.25) is 19.2 Å². The number of carbonyl (C=O) groups is 4. The van der Waals surface area contributed by atoms with Crippen LogP contribution in [0.1, 0.15) is 41.0 Å². The van der Waals surface area contributed by atoms with Gasteiger partial charge in [-0.1, -0.05) is 6.92 Å². The van der Waals surface area contributed by atoms with Gasteiger partial charge in [0.15, 0.2) is 31.5 Å². The Morgan fingerprint density at radius 2 is 0.696 bits per heavy atom. The molecule has 5 rings (SSSR count). The molecule has 0 aliphatic carbocycles. The van der Waals surface area contributed by atoms with E-state index in [1.807, 2.05) is 0 Å². The summed E-state index contributed by atoms with van der Waals surface area (Å²) in [5.74, 6) is -2.84. The highest BCUT2D eigenvalue weighted by Gasteiger charge is 2.57. The predicted octanol–water partition coefficient (Wildman–Crippen LogP) is -9.70. The summed E-state index contributed by atoms with van der Waals surface area (Å²) < 4.78 is 53.7. The van der Waals surface area contributed by atoms with Crippen molar-refractivity contribution < 1.29 is 118 Å². The highest BCUT2D eigenvalue weighted by Crippen LogP contribution is 2.36. The zero-order chi connectivity index (χ0) is 51.2. The average Bonchev–Trinajstić information content (AvgIpc) is 3.29. The van der Waals surface area contributed by atoms with Crippen molar-refractivity contribution in [3.05, 3.63) is 0 Å². The van der Waals surface area contributed by atoms with E-state index in [-0.39, 0.29) is 6.42 Å². The number of hydrogen-bond acceptors (Lipinski definition) is 25. The van der Waals surface area contributed by atoms with E-state index >= 15 is 0 Å². The maximum atomic E-state index is 12.7. The van der Waals surface area contributed by atoms with Gasteiger partial charge in [-0.05, 0) is 13.5 Å². The summed E-state index contributed by atoms with van der Waals surface area (Å²) in [4.78, 5) is 49.6. The van der Waals surface area contributed by atoms with Gasteiger partial charge in [0, 0.05) is 27.7 Å². The van der Waals surface area contributed by atoms with E-state index < -0.39 is 203 Å². The molecule has 0 radical (unpaired) electrons. The van der Waals surface area contributed by atoms with Crippen LogP contribution in [-0.2, 0) is 61.8 Å². The molecule has 4 amide bonds. The molecule has 0 spiro atoms. The maximum absolute atomic E-state index is 12.7. The van der Waals surface area contributed by atoms with Crippen molar-refractivity contribution in [2.45, 2.75) is 194 Å². The molecule has 5 fully saturated rings. The number of carbonyl (C=O) groups excluding carboxylic acids is 4. The normalized spacial score (nSPS) is 45.0. The quantitative estimate of drug-likeness (QED) is 0.0606. The molecule has 398 valence electrons. The van der Waals surface area contributed by atoms with Gasteiger partial charge in [-0.25, -0.2) is 0 Å². The van der Waals surface area contributed by atoms with Gasteiger partial charge in [-0.2, -0.15) is 0 Å². The lowest BCUT2D eigenvalue weighted by atomic mass is 9.92. The molecule has 0 aromatic carbocycles. The van der Waals surface area contributed by atoms with E-state index in [0.717, 1.165) is 27.7 Å². The molecule has 5 aliphatic rings. The first kappa shape index (κ1) is 56.9. The molecule has 0 bridgehead atoms. The van der Waals surface area contributed by atoms with E-state index in [9.17, 15) is 75.3 Å². The molecule has 0 aromatic heterocycles. The highest BCUT2D eigenvalue weighted by molar-refractivity contribution is 5.74. The first-order valence-corrected chi connectivity index (χ1v) is 22.5. The fourth-order valence-electron chi connectivity index (χ4n) is 9.17. The van der Waals surface area contributed by atoms with E-state index in [1.54, 1.807) is 6.92 Å². The topological polar surface area (TPSA) is 434 Å². The molecule has 0 saturated carbocycles. The Morgan fingerprint density at radius 1 is 0.406 bits per heavy atom. The second kappa shape index (κ2) is 25.1. The summed E-state index contributed by atoms with van der Waals surface area (Å²) in [5, 5.41) is 132. The van der Waals surface area contributed by atoms with Crippen LogP contribution >= 0.6 is 0 Å². The lowest BCUT2D eigenvalue weighted by Gasteiger charge is -2.51. The maximum Gasteiger partial charge on any atom is 0.217 e. The van der Waals surface area contributed by atoms with Crippen LogP contribution in [0.25, 0.3) is 0 Å². The number of aliphatic hydroxyl groups excluding tert-OH is 11. The van der Waals surface area contributed by atoms with Crippen LogP contribution in [0.3, 0.4) is 0 Å². The molecule has 29 nitrogen and oxygen atoms in total. The third kappa shape index (κ3) is 13.0. The van der Waals surface area contributed by atoms with Crippen molar-refractivity contribution in [1.29, 1.82) is 0 Å². The fourth-order valence-corrected chi connectivity index (χ4v) is 9.17. The minimum absolute atomic E-state index is 0.152. The first-order chi connectivity index (χ1) is 32.6. The van der Waals surface area contributed by atoms with Crippen LogP contribution < -0.4 is 26.6 Å². The Kier molecular flexibility index (Phi) is 20.7. The Balaban J connectivity index is 1.39. The second-order valence-corrected chi connectivity index (χ2v) is 17.4. The standard InChI is InChI=1S/C40H69N5O24/c1-7-16-32(28(56)21(36(60)61-16)42-12(2)50)66-38-23(43-13(3)51)30(58)34(19(10-48)63-38)68-40-25(45-15(5)53)31(59)35(20(11-49)65-40)69-39-24(44-14(4)52)29(57)33(18(9-47)64-39)67-37-22(41-6)27(55)26(54)17(8-46)62-37/h16-41,46-49,54-60H,7-11H2,1-6H3,(H,42,50)(H,43,51)(H,44,52)(H,45,53). The first-order valence-electron chi connectivity index (χ1n) is 22.5. The molecular formula is C40H69N5O24. The number of likely N-dealkylation sites (N-methyl/N-ethyl adjacent to an activating group) is 1. The summed E-state index contributed by atoms with van der Waals surface area (Å²) in [6, 6.07) is -7.34. The average molecular weight is 1000 g/mol. The number of nitrogens with one attached hydrogen (secondary N) is 5. The molecule has 69 heavy (non-hydrogen) atoms. The number of aliphatic hydroxyl groups is 11. The third-order valence-electron chi connectivity index (χ3n) is 12.5. The fraction of sp³-hybridized carbons (Fsp3) is 0.900. The SMILES string of the molecule is CCC1OC(O)C(NC(C)=O)C(O)C1OC1OC(CO)C(OC2OC(CO)C(OC3OC(CO)C(OC4OC(CO)C(O)C(O)C4NC)C(O)C3NC(C)=O)C(O)C2NC(C)=O)C(O)C1NC(C)=O. The smallest absolute Gasteiger partial charge is 0.217 e. The number of ether oxygens (including phenoxy) is 9. The molecule has 25 unspecified atom stereocenters. The molecule has 29 heteroatoms. The van der Waals surface area contributed by atoms with Gasteiger partial charge in [0.25, 0.3) is 0 Å². The van der Waals surface area contributed by atoms with Gasteiger partial charge < -0.3 is 125 Å². The van der Waals surface area contributed by atoms with Crippen LogP contribution in [0.4, 0.5) is 0 Å². The Labute approximate surface area is 395 Å². The van der Waals surface area contributed by atoms with Crippen molar-refractivity contribution in [1.82, 2.24) is 26.6 Å². The number of hydrogen-bond donors (Lipinski definition) is 16. The third-order valence-corrected chi connectivity index (χ3v) is 12.5. The largest absolute Gasteiger partial charge is 0.394 e. The summed E-state index contributed by atoms with van der Waals surface area (Å²) in [5.41, 5.74) is 0. The van der Waals surface area contributed by atoms with E-state index in [4.69, 9.17) is 42.6 Å². The van der Waals surface area contributed by atoms with Gasteiger partial charge in [0.05, 0.1) is 38.6 Å². The zero-order valence-corrected chi connectivity index (χ0v) is 38.7. The van der Waals surface area contributed by atoms with E-state index in [1.165, 1.54) is 7.05 Å². The summed E-state index contributed by atoms with van der Waals surface area (Å²) in [6.45, 7) is 2.57. The van der Waals surface area contributed by atoms with Crippen molar-refractivity contribution in [3.63, 3.8) is 0 Å². The minimum Gasteiger partial charge on any atom is -0.394 e. The molecule has 5 heterocycles. The monoisotopic (exact) mass is 1000 g/mol. The molecule has 5 saturated heterocycles. The van der Waals surface area contributed by atoms with Gasteiger partial charge in [0.1, 0.15) is 110 Å². The van der Waals surface area contributed by atoms with Crippen LogP contribution in [0.2, 0.25) is 0 Å². The van der Waals surface area contributed by atoms with Crippen LogP contribution in [-0.4, -0.2) is 266 Å². The van der Waals surface area contributed by atoms with Crippen molar-refractivity contribution in [2.24, 2.45) is 0 Å². The molecule has 16 N–H and O–H groups in total.